The van der Waals surface area contributed by atoms with E-state index in [2.05, 4.69) is 26.6 Å². The van der Waals surface area contributed by atoms with Crippen LogP contribution in [0.2, 0.25) is 0 Å². The Bertz CT molecular complexity index is 396. The minimum absolute atomic E-state index is 0.0301. The second-order valence-corrected chi connectivity index (χ2v) is 5.30. The van der Waals surface area contributed by atoms with E-state index in [4.69, 9.17) is 5.11 Å². The highest BCUT2D eigenvalue weighted by Crippen LogP contribution is 2.21. The van der Waals surface area contributed by atoms with Gasteiger partial charge in [0, 0.05) is 17.1 Å². The Labute approximate surface area is 116 Å². The van der Waals surface area contributed by atoms with Crippen LogP contribution in [0.1, 0.15) is 20.3 Å². The van der Waals surface area contributed by atoms with Crippen LogP contribution in [0.5, 0.6) is 0 Å². The maximum Gasteiger partial charge on any atom is 0.319 e. The average Bonchev–Trinajstić information content (AvgIpc) is 2.31. The summed E-state index contributed by atoms with van der Waals surface area (Å²) >= 11 is 3.37. The lowest BCUT2D eigenvalue weighted by Crippen LogP contribution is -2.41. The second kappa shape index (κ2) is 7.38. The lowest BCUT2D eigenvalue weighted by molar-refractivity contribution is 0.227. The molecule has 3 N–H and O–H groups in total. The summed E-state index contributed by atoms with van der Waals surface area (Å²) in [7, 11) is 0. The molecule has 0 aliphatic heterocycles. The Hall–Kier alpha value is -1.07. The van der Waals surface area contributed by atoms with E-state index >= 15 is 0 Å². The van der Waals surface area contributed by atoms with Crippen LogP contribution < -0.4 is 10.6 Å². The molecule has 4 nitrogen and oxygen atoms in total. The molecule has 100 valence electrons. The molecule has 18 heavy (non-hydrogen) atoms. The molecule has 2 amide bonds. The molecule has 1 unspecified atom stereocenters. The highest BCUT2D eigenvalue weighted by Gasteiger charge is 2.15. The summed E-state index contributed by atoms with van der Waals surface area (Å²) in [6, 6.07) is 7.14. The first-order valence-electron chi connectivity index (χ1n) is 5.97. The molecule has 5 heteroatoms. The molecule has 0 heterocycles. The van der Waals surface area contributed by atoms with E-state index < -0.39 is 0 Å². The van der Waals surface area contributed by atoms with Crippen LogP contribution in [0.15, 0.2) is 28.7 Å². The van der Waals surface area contributed by atoms with Gasteiger partial charge >= 0.3 is 6.03 Å². The zero-order chi connectivity index (χ0) is 13.5. The van der Waals surface area contributed by atoms with Crippen LogP contribution in [0, 0.1) is 5.92 Å². The third-order valence-corrected chi connectivity index (χ3v) is 3.37. The van der Waals surface area contributed by atoms with Crippen LogP contribution in [-0.2, 0) is 0 Å². The number of rotatable bonds is 5. The van der Waals surface area contributed by atoms with E-state index in [0.717, 1.165) is 10.2 Å². The number of carbonyl (C=O) groups excluding carboxylic acids is 1. The minimum atomic E-state index is -0.256. The number of aliphatic hydroxyl groups excluding tert-OH is 1. The number of nitrogens with one attached hydrogen (secondary N) is 2. The molecule has 0 radical (unpaired) electrons. The van der Waals surface area contributed by atoms with E-state index in [9.17, 15) is 4.79 Å². The van der Waals surface area contributed by atoms with E-state index in [1.165, 1.54) is 0 Å². The number of benzene rings is 1. The molecular weight excluding hydrogens is 296 g/mol. The molecule has 0 aromatic heterocycles. The standard InChI is InChI=1S/C13H19BrN2O2/c1-9(2)11(7-8-17)15-13(18)16-12-6-4-3-5-10(12)14/h3-6,9,11,17H,7-8H2,1-2H3,(H2,15,16,18). The van der Waals surface area contributed by atoms with Gasteiger partial charge in [0.15, 0.2) is 0 Å². The van der Waals surface area contributed by atoms with Crippen LogP contribution in [-0.4, -0.2) is 23.8 Å². The fraction of sp³-hybridized carbons (Fsp3) is 0.462. The Kier molecular flexibility index (Phi) is 6.15. The molecule has 0 saturated heterocycles. The summed E-state index contributed by atoms with van der Waals surface area (Å²) < 4.78 is 0.836. The summed E-state index contributed by atoms with van der Waals surface area (Å²) in [4.78, 5) is 11.8. The molecular formula is C13H19BrN2O2. The Morgan fingerprint density at radius 1 is 1.39 bits per heavy atom. The van der Waals surface area contributed by atoms with Crippen molar-refractivity contribution < 1.29 is 9.90 Å². The maximum atomic E-state index is 11.8. The molecule has 0 saturated carbocycles. The van der Waals surface area contributed by atoms with Crippen LogP contribution in [0.3, 0.4) is 0 Å². The van der Waals surface area contributed by atoms with Gasteiger partial charge in [-0.05, 0) is 40.4 Å². The second-order valence-electron chi connectivity index (χ2n) is 4.44. The first-order valence-corrected chi connectivity index (χ1v) is 6.76. The average molecular weight is 315 g/mol. The molecule has 1 rings (SSSR count). The number of carbonyl (C=O) groups is 1. The first-order chi connectivity index (χ1) is 8.54. The highest BCUT2D eigenvalue weighted by atomic mass is 79.9. The summed E-state index contributed by atoms with van der Waals surface area (Å²) in [5.41, 5.74) is 0.724. The van der Waals surface area contributed by atoms with Gasteiger partial charge in [0.1, 0.15) is 0 Å². The third kappa shape index (κ3) is 4.66. The molecule has 0 aliphatic carbocycles. The summed E-state index contributed by atoms with van der Waals surface area (Å²) in [5, 5.41) is 14.6. The highest BCUT2D eigenvalue weighted by molar-refractivity contribution is 9.10. The number of halogens is 1. The number of hydrogen-bond donors (Lipinski definition) is 3. The number of urea groups is 1. The lowest BCUT2D eigenvalue weighted by Gasteiger charge is -2.21. The fourth-order valence-electron chi connectivity index (χ4n) is 1.60. The largest absolute Gasteiger partial charge is 0.396 e. The molecule has 0 fully saturated rings. The zero-order valence-corrected chi connectivity index (χ0v) is 12.2. The van der Waals surface area contributed by atoms with Crippen molar-refractivity contribution in [2.24, 2.45) is 5.92 Å². The number of hydrogen-bond acceptors (Lipinski definition) is 2. The minimum Gasteiger partial charge on any atom is -0.396 e. The maximum absolute atomic E-state index is 11.8. The van der Waals surface area contributed by atoms with Gasteiger partial charge in [-0.3, -0.25) is 0 Å². The SMILES string of the molecule is CC(C)C(CCO)NC(=O)Nc1ccccc1Br. The Morgan fingerprint density at radius 3 is 2.61 bits per heavy atom. The number of amides is 2. The van der Waals surface area contributed by atoms with Gasteiger partial charge in [-0.2, -0.15) is 0 Å². The van der Waals surface area contributed by atoms with Gasteiger partial charge in [-0.1, -0.05) is 26.0 Å². The lowest BCUT2D eigenvalue weighted by atomic mass is 10.0. The van der Waals surface area contributed by atoms with Gasteiger partial charge in [0.2, 0.25) is 0 Å². The summed E-state index contributed by atoms with van der Waals surface area (Å²) in [6.45, 7) is 4.09. The molecule has 1 aromatic carbocycles. The van der Waals surface area contributed by atoms with E-state index in [0.29, 0.717) is 6.42 Å². The van der Waals surface area contributed by atoms with Gasteiger partial charge in [-0.25, -0.2) is 4.79 Å². The zero-order valence-electron chi connectivity index (χ0n) is 10.6. The van der Waals surface area contributed by atoms with Crippen molar-refractivity contribution in [3.8, 4) is 0 Å². The van der Waals surface area contributed by atoms with Crippen LogP contribution in [0.4, 0.5) is 10.5 Å². The number of aliphatic hydroxyl groups is 1. The van der Waals surface area contributed by atoms with Crippen molar-refractivity contribution in [3.05, 3.63) is 28.7 Å². The first kappa shape index (κ1) is 15.0. The van der Waals surface area contributed by atoms with Crippen molar-refractivity contribution in [2.45, 2.75) is 26.3 Å². The normalized spacial score (nSPS) is 12.3. The van der Waals surface area contributed by atoms with Crippen molar-refractivity contribution >= 4 is 27.6 Å². The molecule has 1 aromatic rings. The molecule has 1 atom stereocenters. The van der Waals surface area contributed by atoms with Crippen LogP contribution >= 0.6 is 15.9 Å². The topological polar surface area (TPSA) is 61.4 Å². The predicted octanol–water partition coefficient (Wildman–Crippen LogP) is 2.98. The van der Waals surface area contributed by atoms with E-state index in [1.807, 2.05) is 38.1 Å². The Balaban J connectivity index is 2.58. The smallest absolute Gasteiger partial charge is 0.319 e. The summed E-state index contributed by atoms with van der Waals surface area (Å²) in [6.07, 6.45) is 0.557. The molecule has 0 spiro atoms. The van der Waals surface area contributed by atoms with Gasteiger partial charge in [-0.15, -0.1) is 0 Å². The van der Waals surface area contributed by atoms with Gasteiger partial charge in [0.25, 0.3) is 0 Å². The quantitative estimate of drug-likeness (QED) is 0.782. The molecule has 0 bridgehead atoms. The van der Waals surface area contributed by atoms with Crippen molar-refractivity contribution in [1.82, 2.24) is 5.32 Å². The van der Waals surface area contributed by atoms with Crippen molar-refractivity contribution in [1.29, 1.82) is 0 Å². The number of para-hydroxylation sites is 1. The van der Waals surface area contributed by atoms with Crippen molar-refractivity contribution in [2.75, 3.05) is 11.9 Å². The third-order valence-electron chi connectivity index (χ3n) is 2.68. The fourth-order valence-corrected chi connectivity index (χ4v) is 1.98. The van der Waals surface area contributed by atoms with Gasteiger partial charge < -0.3 is 15.7 Å². The van der Waals surface area contributed by atoms with Crippen molar-refractivity contribution in [3.63, 3.8) is 0 Å². The van der Waals surface area contributed by atoms with Gasteiger partial charge in [0.05, 0.1) is 5.69 Å². The van der Waals surface area contributed by atoms with E-state index in [1.54, 1.807) is 0 Å². The predicted molar refractivity (Wildman–Crippen MR) is 76.6 cm³/mol. The monoisotopic (exact) mass is 314 g/mol. The van der Waals surface area contributed by atoms with E-state index in [-0.39, 0.29) is 24.6 Å². The molecule has 0 aliphatic rings. The van der Waals surface area contributed by atoms with Crippen LogP contribution in [0.25, 0.3) is 0 Å². The number of anilines is 1. The summed E-state index contributed by atoms with van der Waals surface area (Å²) in [5.74, 6) is 0.280. The Morgan fingerprint density at radius 2 is 2.06 bits per heavy atom.